The number of rotatable bonds is 10. The summed E-state index contributed by atoms with van der Waals surface area (Å²) in [5.41, 5.74) is 1.05. The van der Waals surface area contributed by atoms with Crippen LogP contribution in [0.3, 0.4) is 0 Å². The van der Waals surface area contributed by atoms with E-state index in [1.165, 1.54) is 27.4 Å². The predicted molar refractivity (Wildman–Crippen MR) is 104 cm³/mol. The van der Waals surface area contributed by atoms with Crippen molar-refractivity contribution >= 4 is 11.9 Å². The van der Waals surface area contributed by atoms with Crippen LogP contribution in [-0.4, -0.2) is 47.5 Å². The van der Waals surface area contributed by atoms with Gasteiger partial charge in [-0.05, 0) is 23.8 Å². The van der Waals surface area contributed by atoms with Gasteiger partial charge in [0.1, 0.15) is 22.8 Å². The summed E-state index contributed by atoms with van der Waals surface area (Å²) in [5, 5.41) is 0. The summed E-state index contributed by atoms with van der Waals surface area (Å²) in [4.78, 5) is 12.9. The maximum Gasteiger partial charge on any atom is 0.231 e. The third kappa shape index (κ3) is 4.98. The molecule has 0 radical (unpaired) electrons. The summed E-state index contributed by atoms with van der Waals surface area (Å²) in [6, 6.07) is 8.61. The molecule has 0 fully saturated rings. The molecule has 0 aromatic heterocycles. The van der Waals surface area contributed by atoms with Gasteiger partial charge in [0.15, 0.2) is 30.9 Å². The van der Waals surface area contributed by atoms with Gasteiger partial charge in [0, 0.05) is 26.4 Å². The number of methoxy groups -OCH3 is 3. The molecule has 0 saturated carbocycles. The topological polar surface area (TPSA) is 81.7 Å². The van der Waals surface area contributed by atoms with E-state index in [2.05, 4.69) is 0 Å². The van der Waals surface area contributed by atoms with E-state index in [-0.39, 0.29) is 37.5 Å². The van der Waals surface area contributed by atoms with Crippen molar-refractivity contribution < 1.29 is 38.0 Å². The second-order valence-electron chi connectivity index (χ2n) is 5.91. The minimum Gasteiger partial charge on any atom is -0.496 e. The molecule has 0 bridgehead atoms. The molecule has 29 heavy (non-hydrogen) atoms. The lowest BCUT2D eigenvalue weighted by Gasteiger charge is -2.15. The zero-order valence-corrected chi connectivity index (χ0v) is 16.4. The molecule has 0 atom stereocenters. The smallest absolute Gasteiger partial charge is 0.231 e. The molecule has 8 nitrogen and oxygen atoms in total. The molecule has 0 aliphatic carbocycles. The van der Waals surface area contributed by atoms with Crippen molar-refractivity contribution in [2.24, 2.45) is 0 Å². The molecule has 1 heterocycles. The van der Waals surface area contributed by atoms with E-state index in [4.69, 9.17) is 33.2 Å². The Morgan fingerprint density at radius 3 is 2.45 bits per heavy atom. The monoisotopic (exact) mass is 402 g/mol. The van der Waals surface area contributed by atoms with Crippen LogP contribution in [-0.2, 0) is 9.47 Å². The van der Waals surface area contributed by atoms with E-state index >= 15 is 0 Å². The second-order valence-corrected chi connectivity index (χ2v) is 5.91. The molecule has 0 amide bonds. The number of ketones is 1. The van der Waals surface area contributed by atoms with Crippen LogP contribution in [0, 0.1) is 0 Å². The predicted octanol–water partition coefficient (Wildman–Crippen LogP) is 3.29. The molecule has 1 aliphatic heterocycles. The fraction of sp³-hybridized carbons (Fsp3) is 0.286. The highest BCUT2D eigenvalue weighted by Gasteiger charge is 2.20. The maximum absolute atomic E-state index is 12.9. The summed E-state index contributed by atoms with van der Waals surface area (Å²) in [6.07, 6.45) is 3.11. The molecular formula is C21H22O8. The lowest BCUT2D eigenvalue weighted by molar-refractivity contribution is 0.0453. The largest absolute Gasteiger partial charge is 0.496 e. The van der Waals surface area contributed by atoms with Crippen LogP contribution in [0.25, 0.3) is 6.08 Å². The van der Waals surface area contributed by atoms with Crippen molar-refractivity contribution in [1.82, 2.24) is 0 Å². The van der Waals surface area contributed by atoms with E-state index in [9.17, 15) is 4.79 Å². The first-order valence-corrected chi connectivity index (χ1v) is 8.73. The van der Waals surface area contributed by atoms with Gasteiger partial charge in [-0.1, -0.05) is 12.1 Å². The number of carbonyl (C=O) groups is 1. The Balaban J connectivity index is 1.88. The zero-order chi connectivity index (χ0) is 20.6. The van der Waals surface area contributed by atoms with Gasteiger partial charge in [-0.2, -0.15) is 0 Å². The molecule has 1 aliphatic rings. The average Bonchev–Trinajstić information content (AvgIpc) is 3.21. The van der Waals surface area contributed by atoms with Crippen LogP contribution in [0.15, 0.2) is 36.4 Å². The number of allylic oxidation sites excluding steroid dienone is 1. The minimum absolute atomic E-state index is 0.0387. The zero-order valence-electron chi connectivity index (χ0n) is 16.4. The first-order chi connectivity index (χ1) is 14.2. The third-order valence-electron chi connectivity index (χ3n) is 4.01. The fourth-order valence-corrected chi connectivity index (χ4v) is 2.69. The Morgan fingerprint density at radius 1 is 0.966 bits per heavy atom. The molecule has 2 aromatic carbocycles. The summed E-state index contributed by atoms with van der Waals surface area (Å²) < 4.78 is 36.9. The van der Waals surface area contributed by atoms with E-state index in [0.717, 1.165) is 5.56 Å². The highest BCUT2D eigenvalue weighted by atomic mass is 16.7. The Hall–Kier alpha value is -3.23. The summed E-state index contributed by atoms with van der Waals surface area (Å²) in [5.74, 6) is 2.04. The van der Waals surface area contributed by atoms with Crippen molar-refractivity contribution in [3.63, 3.8) is 0 Å². The van der Waals surface area contributed by atoms with Gasteiger partial charge < -0.3 is 33.2 Å². The van der Waals surface area contributed by atoms with Crippen molar-refractivity contribution in [1.29, 1.82) is 0 Å². The van der Waals surface area contributed by atoms with Crippen LogP contribution in [0.2, 0.25) is 0 Å². The number of hydrogen-bond donors (Lipinski definition) is 0. The second kappa shape index (κ2) is 9.81. The Bertz CT molecular complexity index is 890. The van der Waals surface area contributed by atoms with E-state index < -0.39 is 0 Å². The van der Waals surface area contributed by atoms with Crippen molar-refractivity contribution in [2.75, 3.05) is 41.7 Å². The molecule has 154 valence electrons. The Morgan fingerprint density at radius 2 is 1.69 bits per heavy atom. The summed E-state index contributed by atoms with van der Waals surface area (Å²) in [7, 11) is 4.47. The molecular weight excluding hydrogens is 380 g/mol. The van der Waals surface area contributed by atoms with Gasteiger partial charge in [0.25, 0.3) is 0 Å². The summed E-state index contributed by atoms with van der Waals surface area (Å²) >= 11 is 0. The van der Waals surface area contributed by atoms with E-state index in [1.54, 1.807) is 30.3 Å². The average molecular weight is 402 g/mol. The molecule has 2 aromatic rings. The number of benzene rings is 2. The first-order valence-electron chi connectivity index (χ1n) is 8.73. The van der Waals surface area contributed by atoms with E-state index in [0.29, 0.717) is 23.0 Å². The number of ether oxygens (including phenoxy) is 7. The number of hydrogen-bond acceptors (Lipinski definition) is 8. The minimum atomic E-state index is -0.302. The van der Waals surface area contributed by atoms with Crippen LogP contribution >= 0.6 is 0 Å². The van der Waals surface area contributed by atoms with Gasteiger partial charge in [-0.15, -0.1) is 0 Å². The molecule has 0 N–H and O–H groups in total. The van der Waals surface area contributed by atoms with Gasteiger partial charge in [0.05, 0.1) is 7.11 Å². The quantitative estimate of drug-likeness (QED) is 0.340. The van der Waals surface area contributed by atoms with Crippen molar-refractivity contribution in [3.8, 4) is 28.7 Å². The standard InChI is InChI=1S/C21H22O8/c1-23-11-26-15-9-19(25-3)21(20(10-15)27-12-24-2)16(22)6-4-14-5-7-17-18(8-14)29-13-28-17/h4-10H,11-13H2,1-3H3/b6-4+. The van der Waals surface area contributed by atoms with Gasteiger partial charge >= 0.3 is 0 Å². The number of carbonyl (C=O) groups excluding carboxylic acids is 1. The highest BCUT2D eigenvalue weighted by Crippen LogP contribution is 2.36. The molecule has 8 heteroatoms. The van der Waals surface area contributed by atoms with Crippen LogP contribution < -0.4 is 23.7 Å². The van der Waals surface area contributed by atoms with E-state index in [1.807, 2.05) is 6.07 Å². The Labute approximate surface area is 168 Å². The fourth-order valence-electron chi connectivity index (χ4n) is 2.69. The molecule has 0 saturated heterocycles. The lowest BCUT2D eigenvalue weighted by Crippen LogP contribution is -2.08. The van der Waals surface area contributed by atoms with Crippen LogP contribution in [0.4, 0.5) is 0 Å². The van der Waals surface area contributed by atoms with Gasteiger partial charge in [-0.25, -0.2) is 0 Å². The van der Waals surface area contributed by atoms with Crippen molar-refractivity contribution in [3.05, 3.63) is 47.5 Å². The Kier molecular flexibility index (Phi) is 6.94. The van der Waals surface area contributed by atoms with Gasteiger partial charge in [-0.3, -0.25) is 4.79 Å². The first kappa shape index (κ1) is 20.5. The van der Waals surface area contributed by atoms with Gasteiger partial charge in [0.2, 0.25) is 6.79 Å². The molecule has 0 spiro atoms. The maximum atomic E-state index is 12.9. The van der Waals surface area contributed by atoms with Crippen LogP contribution in [0.5, 0.6) is 28.7 Å². The third-order valence-corrected chi connectivity index (χ3v) is 4.01. The lowest BCUT2D eigenvalue weighted by atomic mass is 10.1. The van der Waals surface area contributed by atoms with Crippen molar-refractivity contribution in [2.45, 2.75) is 0 Å². The number of fused-ring (bicyclic) bond motifs is 1. The molecule has 0 unspecified atom stereocenters. The highest BCUT2D eigenvalue weighted by molar-refractivity contribution is 6.10. The van der Waals surface area contributed by atoms with Crippen LogP contribution in [0.1, 0.15) is 15.9 Å². The molecule has 3 rings (SSSR count). The summed E-state index contributed by atoms with van der Waals surface area (Å²) in [6.45, 7) is 0.198. The SMILES string of the molecule is COCOc1cc(OC)c(C(=O)/C=C/c2ccc3c(c2)OCO3)c(OCOC)c1. The normalized spacial score (nSPS) is 12.2.